The first-order valence-electron chi connectivity index (χ1n) is 8.51. The molecule has 136 valence electrons. The Morgan fingerprint density at radius 3 is 2.52 bits per heavy atom. The lowest BCUT2D eigenvalue weighted by Crippen LogP contribution is -2.42. The highest BCUT2D eigenvalue weighted by molar-refractivity contribution is 7.93. The second-order valence-corrected chi connectivity index (χ2v) is 9.36. The van der Waals surface area contributed by atoms with Crippen LogP contribution >= 0.6 is 0 Å². The first-order chi connectivity index (χ1) is 11.8. The highest BCUT2D eigenvalue weighted by Gasteiger charge is 2.57. The summed E-state index contributed by atoms with van der Waals surface area (Å²) in [6, 6.07) is 8.17. The molecule has 1 fully saturated rings. The molecule has 6 heteroatoms. The van der Waals surface area contributed by atoms with Crippen molar-refractivity contribution in [1.29, 1.82) is 0 Å². The second-order valence-electron chi connectivity index (χ2n) is 7.29. The Morgan fingerprint density at radius 1 is 1.20 bits per heavy atom. The zero-order valence-corrected chi connectivity index (χ0v) is 15.6. The van der Waals surface area contributed by atoms with Gasteiger partial charge in [0, 0.05) is 12.5 Å². The van der Waals surface area contributed by atoms with Gasteiger partial charge in [0.1, 0.15) is 12.0 Å². The van der Waals surface area contributed by atoms with E-state index in [0.717, 1.165) is 5.57 Å². The lowest BCUT2D eigenvalue weighted by molar-refractivity contribution is -0.129. The predicted octanol–water partition coefficient (Wildman–Crippen LogP) is 2.76. The molecule has 0 amide bonds. The van der Waals surface area contributed by atoms with Crippen LogP contribution in [-0.2, 0) is 24.1 Å². The highest BCUT2D eigenvalue weighted by Crippen LogP contribution is 2.52. The van der Waals surface area contributed by atoms with Crippen LogP contribution in [0.5, 0.6) is 0 Å². The molecule has 3 rings (SSSR count). The quantitative estimate of drug-likeness (QED) is 0.573. The SMILES string of the molecule is CCOCO[C@H]1[C@H]2C(=CC(=O)[C@@H]2S(=O)(=O)c2ccccc2)CC1(C)C. The lowest BCUT2D eigenvalue weighted by Gasteiger charge is -2.32. The van der Waals surface area contributed by atoms with Gasteiger partial charge in [0.25, 0.3) is 0 Å². The lowest BCUT2D eigenvalue weighted by atomic mass is 9.86. The van der Waals surface area contributed by atoms with Crippen LogP contribution in [0.4, 0.5) is 0 Å². The predicted molar refractivity (Wildman–Crippen MR) is 93.8 cm³/mol. The molecule has 0 saturated heterocycles. The van der Waals surface area contributed by atoms with Gasteiger partial charge in [-0.2, -0.15) is 0 Å². The number of carbonyl (C=O) groups is 1. The van der Waals surface area contributed by atoms with Gasteiger partial charge in [-0.3, -0.25) is 4.79 Å². The second kappa shape index (κ2) is 6.67. The fourth-order valence-electron chi connectivity index (χ4n) is 4.00. The maximum Gasteiger partial charge on any atom is 0.189 e. The summed E-state index contributed by atoms with van der Waals surface area (Å²) in [6.45, 7) is 6.57. The Labute approximate surface area is 148 Å². The van der Waals surface area contributed by atoms with E-state index in [1.807, 2.05) is 20.8 Å². The topological polar surface area (TPSA) is 69.7 Å². The van der Waals surface area contributed by atoms with Crippen molar-refractivity contribution in [2.45, 2.75) is 43.4 Å². The molecule has 0 spiro atoms. The van der Waals surface area contributed by atoms with Crippen LogP contribution in [0.2, 0.25) is 0 Å². The molecule has 0 bridgehead atoms. The third-order valence-electron chi connectivity index (χ3n) is 5.06. The van der Waals surface area contributed by atoms with Crippen LogP contribution in [0.3, 0.4) is 0 Å². The Kier molecular flexibility index (Phi) is 4.88. The maximum atomic E-state index is 13.1. The summed E-state index contributed by atoms with van der Waals surface area (Å²) in [5.74, 6) is -0.794. The van der Waals surface area contributed by atoms with E-state index in [9.17, 15) is 13.2 Å². The molecule has 1 saturated carbocycles. The molecule has 0 aromatic heterocycles. The van der Waals surface area contributed by atoms with E-state index < -0.39 is 21.0 Å². The fourth-order valence-corrected chi connectivity index (χ4v) is 5.91. The van der Waals surface area contributed by atoms with Gasteiger partial charge in [-0.05, 0) is 37.0 Å². The Balaban J connectivity index is 1.97. The Morgan fingerprint density at radius 2 is 1.88 bits per heavy atom. The number of benzene rings is 1. The number of fused-ring (bicyclic) bond motifs is 1. The molecule has 1 aromatic carbocycles. The zero-order chi connectivity index (χ0) is 18.2. The molecule has 0 unspecified atom stereocenters. The van der Waals surface area contributed by atoms with E-state index in [-0.39, 0.29) is 29.0 Å². The summed E-state index contributed by atoms with van der Waals surface area (Å²) in [5, 5.41) is -1.11. The van der Waals surface area contributed by atoms with Crippen LogP contribution in [0.15, 0.2) is 46.9 Å². The third kappa shape index (κ3) is 3.18. The van der Waals surface area contributed by atoms with E-state index in [2.05, 4.69) is 0 Å². The van der Waals surface area contributed by atoms with Gasteiger partial charge in [0.05, 0.1) is 11.0 Å². The van der Waals surface area contributed by atoms with E-state index in [0.29, 0.717) is 13.0 Å². The van der Waals surface area contributed by atoms with Gasteiger partial charge in [0.15, 0.2) is 15.6 Å². The van der Waals surface area contributed by atoms with Crippen molar-refractivity contribution >= 4 is 15.6 Å². The van der Waals surface area contributed by atoms with Gasteiger partial charge < -0.3 is 9.47 Å². The average molecular weight is 364 g/mol. The number of sulfone groups is 1. The van der Waals surface area contributed by atoms with Crippen molar-refractivity contribution in [1.82, 2.24) is 0 Å². The molecular formula is C19H24O5S. The van der Waals surface area contributed by atoms with Crippen LogP contribution in [0.1, 0.15) is 27.2 Å². The molecule has 0 aliphatic heterocycles. The van der Waals surface area contributed by atoms with Crippen molar-refractivity contribution in [2.24, 2.45) is 11.3 Å². The molecule has 3 atom stereocenters. The largest absolute Gasteiger partial charge is 0.356 e. The van der Waals surface area contributed by atoms with Crippen LogP contribution in [0.25, 0.3) is 0 Å². The zero-order valence-electron chi connectivity index (χ0n) is 14.8. The number of ketones is 1. The summed E-state index contributed by atoms with van der Waals surface area (Å²) in [7, 11) is -3.78. The van der Waals surface area contributed by atoms with Gasteiger partial charge in [-0.15, -0.1) is 0 Å². The van der Waals surface area contributed by atoms with Gasteiger partial charge in [-0.1, -0.05) is 37.6 Å². The summed E-state index contributed by atoms with van der Waals surface area (Å²) < 4.78 is 37.5. The normalized spacial score (nSPS) is 28.0. The molecule has 1 aromatic rings. The molecule has 0 heterocycles. The molecule has 5 nitrogen and oxygen atoms in total. The molecule has 25 heavy (non-hydrogen) atoms. The standard InChI is InChI=1S/C19H24O5S/c1-4-23-12-24-18-16-13(11-19(18,2)3)10-15(20)17(16)25(21,22)14-8-6-5-7-9-14/h5-10,16-18H,4,11-12H2,1-3H3/t16-,17-,18-/m0/s1. The minimum absolute atomic E-state index is 0.0979. The summed E-state index contributed by atoms with van der Waals surface area (Å²) >= 11 is 0. The number of hydrogen-bond acceptors (Lipinski definition) is 5. The Bertz CT molecular complexity index is 779. The smallest absolute Gasteiger partial charge is 0.189 e. The van der Waals surface area contributed by atoms with Crippen LogP contribution in [0, 0.1) is 11.3 Å². The van der Waals surface area contributed by atoms with Crippen molar-refractivity contribution in [3.05, 3.63) is 42.0 Å². The average Bonchev–Trinajstić information content (AvgIpc) is 2.99. The van der Waals surface area contributed by atoms with Crippen molar-refractivity contribution in [3.8, 4) is 0 Å². The summed E-state index contributed by atoms with van der Waals surface area (Å²) in [6.07, 6.45) is 1.79. The summed E-state index contributed by atoms with van der Waals surface area (Å²) in [5.41, 5.74) is 0.625. The van der Waals surface area contributed by atoms with Crippen LogP contribution < -0.4 is 0 Å². The number of rotatable bonds is 6. The van der Waals surface area contributed by atoms with Gasteiger partial charge in [0.2, 0.25) is 0 Å². The molecule has 0 radical (unpaired) electrons. The number of allylic oxidation sites excluding steroid dienone is 1. The van der Waals surface area contributed by atoms with E-state index in [1.165, 1.54) is 18.2 Å². The van der Waals surface area contributed by atoms with E-state index in [1.54, 1.807) is 18.2 Å². The first-order valence-corrected chi connectivity index (χ1v) is 10.1. The number of carbonyl (C=O) groups excluding carboxylic acids is 1. The van der Waals surface area contributed by atoms with Crippen LogP contribution in [-0.4, -0.2) is 39.0 Å². The minimum Gasteiger partial charge on any atom is -0.356 e. The van der Waals surface area contributed by atoms with Crippen molar-refractivity contribution in [2.75, 3.05) is 13.4 Å². The molecule has 2 aliphatic carbocycles. The van der Waals surface area contributed by atoms with Crippen molar-refractivity contribution in [3.63, 3.8) is 0 Å². The Hall–Kier alpha value is -1.50. The molecular weight excluding hydrogens is 340 g/mol. The fraction of sp³-hybridized carbons (Fsp3) is 0.526. The first kappa shape index (κ1) is 18.3. The third-order valence-corrected chi connectivity index (χ3v) is 7.18. The van der Waals surface area contributed by atoms with Gasteiger partial charge >= 0.3 is 0 Å². The van der Waals surface area contributed by atoms with E-state index in [4.69, 9.17) is 9.47 Å². The van der Waals surface area contributed by atoms with Crippen molar-refractivity contribution < 1.29 is 22.7 Å². The monoisotopic (exact) mass is 364 g/mol. The highest BCUT2D eigenvalue weighted by atomic mass is 32.2. The number of hydrogen-bond donors (Lipinski definition) is 0. The minimum atomic E-state index is -3.78. The maximum absolute atomic E-state index is 13.1. The molecule has 2 aliphatic rings. The number of ether oxygens (including phenoxy) is 2. The van der Waals surface area contributed by atoms with E-state index >= 15 is 0 Å². The molecule has 0 N–H and O–H groups in total. The van der Waals surface area contributed by atoms with Gasteiger partial charge in [-0.25, -0.2) is 8.42 Å². The summed E-state index contributed by atoms with van der Waals surface area (Å²) in [4.78, 5) is 12.7.